The second-order valence-electron chi connectivity index (χ2n) is 4.91. The van der Waals surface area contributed by atoms with Crippen molar-refractivity contribution in [1.29, 1.82) is 0 Å². The molecule has 1 aliphatic carbocycles. The molecule has 1 saturated heterocycles. The fraction of sp³-hybridized carbons (Fsp3) is 0.750. The third-order valence-electron chi connectivity index (χ3n) is 3.77. The van der Waals surface area contributed by atoms with E-state index in [-0.39, 0.29) is 11.8 Å². The highest BCUT2D eigenvalue weighted by Gasteiger charge is 2.39. The van der Waals surface area contributed by atoms with Crippen molar-refractivity contribution in [2.45, 2.75) is 25.7 Å². The molecule has 0 radical (unpaired) electrons. The maximum atomic E-state index is 12.3. The number of carboxylic acid groups (broad SMARTS) is 1. The Hall–Kier alpha value is -1.59. The van der Waals surface area contributed by atoms with Gasteiger partial charge in [-0.1, -0.05) is 6.42 Å². The van der Waals surface area contributed by atoms with E-state index in [2.05, 4.69) is 5.32 Å². The first-order valence-electron chi connectivity index (χ1n) is 6.38. The Balaban J connectivity index is 2.01. The Kier molecular flexibility index (Phi) is 3.84. The van der Waals surface area contributed by atoms with E-state index < -0.39 is 17.8 Å². The average molecular weight is 254 g/mol. The highest BCUT2D eigenvalue weighted by atomic mass is 16.4. The highest BCUT2D eigenvalue weighted by Crippen LogP contribution is 2.33. The van der Waals surface area contributed by atoms with Gasteiger partial charge in [-0.15, -0.1) is 0 Å². The van der Waals surface area contributed by atoms with E-state index in [0.29, 0.717) is 38.9 Å². The van der Waals surface area contributed by atoms with Crippen LogP contribution >= 0.6 is 0 Å². The van der Waals surface area contributed by atoms with E-state index >= 15 is 0 Å². The van der Waals surface area contributed by atoms with Crippen molar-refractivity contribution in [2.75, 3.05) is 19.6 Å². The zero-order valence-electron chi connectivity index (χ0n) is 10.2. The number of hydrogen-bond donors (Lipinski definition) is 2. The Morgan fingerprint density at radius 2 is 1.94 bits per heavy atom. The maximum Gasteiger partial charge on any atom is 0.307 e. The van der Waals surface area contributed by atoms with Crippen LogP contribution in [0.3, 0.4) is 0 Å². The number of nitrogens with one attached hydrogen (secondary N) is 1. The normalized spacial score (nSPS) is 28.7. The van der Waals surface area contributed by atoms with Gasteiger partial charge in [0.25, 0.3) is 0 Å². The van der Waals surface area contributed by atoms with E-state index in [1.54, 1.807) is 4.90 Å². The van der Waals surface area contributed by atoms with Gasteiger partial charge in [0, 0.05) is 26.1 Å². The molecule has 1 heterocycles. The van der Waals surface area contributed by atoms with Gasteiger partial charge >= 0.3 is 5.97 Å². The Bertz CT molecular complexity index is 369. The van der Waals surface area contributed by atoms with Gasteiger partial charge in [-0.3, -0.25) is 14.4 Å². The minimum atomic E-state index is -0.880. The van der Waals surface area contributed by atoms with Crippen LogP contribution in [0.15, 0.2) is 0 Å². The topological polar surface area (TPSA) is 86.7 Å². The van der Waals surface area contributed by atoms with Gasteiger partial charge in [0.1, 0.15) is 0 Å². The predicted octanol–water partition coefficient (Wildman–Crippen LogP) is -0.164. The van der Waals surface area contributed by atoms with Crippen LogP contribution in [-0.2, 0) is 14.4 Å². The van der Waals surface area contributed by atoms with Gasteiger partial charge in [-0.2, -0.15) is 0 Å². The van der Waals surface area contributed by atoms with E-state index in [0.717, 1.165) is 6.42 Å². The summed E-state index contributed by atoms with van der Waals surface area (Å²) in [6, 6.07) is 0. The zero-order chi connectivity index (χ0) is 13.1. The van der Waals surface area contributed by atoms with Gasteiger partial charge < -0.3 is 15.3 Å². The summed E-state index contributed by atoms with van der Waals surface area (Å²) < 4.78 is 0. The second kappa shape index (κ2) is 5.37. The number of nitrogens with zero attached hydrogens (tertiary/aromatic N) is 1. The van der Waals surface area contributed by atoms with Crippen LogP contribution in [0.2, 0.25) is 0 Å². The molecule has 0 spiro atoms. The van der Waals surface area contributed by atoms with Crippen LogP contribution < -0.4 is 5.32 Å². The Morgan fingerprint density at radius 3 is 2.67 bits per heavy atom. The fourth-order valence-corrected chi connectivity index (χ4v) is 2.77. The standard InChI is InChI=1S/C12H18N2O4/c15-10-4-6-14(7-5-13-10)11(16)8-2-1-3-9(8)12(17)18/h8-9H,1-7H2,(H,13,15)(H,17,18)/t8-,9+/m1/s1. The molecule has 2 fully saturated rings. The van der Waals surface area contributed by atoms with Gasteiger partial charge in [0.2, 0.25) is 11.8 Å². The number of carbonyl (C=O) groups is 3. The van der Waals surface area contributed by atoms with Crippen molar-refractivity contribution < 1.29 is 19.5 Å². The SMILES string of the molecule is O=C1CCN(C(=O)[C@@H]2CCC[C@@H]2C(=O)O)CCN1. The third kappa shape index (κ3) is 2.63. The molecule has 18 heavy (non-hydrogen) atoms. The summed E-state index contributed by atoms with van der Waals surface area (Å²) in [6.45, 7) is 1.33. The van der Waals surface area contributed by atoms with Crippen LogP contribution in [-0.4, -0.2) is 47.4 Å². The van der Waals surface area contributed by atoms with E-state index in [1.807, 2.05) is 0 Å². The van der Waals surface area contributed by atoms with Gasteiger partial charge in [0.05, 0.1) is 11.8 Å². The summed E-state index contributed by atoms with van der Waals surface area (Å²) in [4.78, 5) is 36.2. The molecule has 0 unspecified atom stereocenters. The molecule has 0 bridgehead atoms. The summed E-state index contributed by atoms with van der Waals surface area (Å²) in [5.41, 5.74) is 0. The van der Waals surface area contributed by atoms with Crippen LogP contribution in [0.1, 0.15) is 25.7 Å². The first-order chi connectivity index (χ1) is 8.59. The summed E-state index contributed by atoms with van der Waals surface area (Å²) in [6.07, 6.45) is 2.32. The summed E-state index contributed by atoms with van der Waals surface area (Å²) in [5, 5.41) is 11.8. The van der Waals surface area contributed by atoms with E-state index in [9.17, 15) is 14.4 Å². The molecule has 2 rings (SSSR count). The molecule has 100 valence electrons. The number of hydrogen-bond acceptors (Lipinski definition) is 3. The van der Waals surface area contributed by atoms with Crippen LogP contribution in [0.5, 0.6) is 0 Å². The molecule has 6 heteroatoms. The van der Waals surface area contributed by atoms with Crippen molar-refractivity contribution >= 4 is 17.8 Å². The lowest BCUT2D eigenvalue weighted by atomic mass is 9.94. The Labute approximate surface area is 105 Å². The molecule has 6 nitrogen and oxygen atoms in total. The fourth-order valence-electron chi connectivity index (χ4n) is 2.77. The van der Waals surface area contributed by atoms with Crippen LogP contribution in [0.25, 0.3) is 0 Å². The van der Waals surface area contributed by atoms with Crippen LogP contribution in [0, 0.1) is 11.8 Å². The van der Waals surface area contributed by atoms with E-state index in [4.69, 9.17) is 5.11 Å². The summed E-state index contributed by atoms with van der Waals surface area (Å²) in [7, 11) is 0. The third-order valence-corrected chi connectivity index (χ3v) is 3.77. The smallest absolute Gasteiger partial charge is 0.307 e. The van der Waals surface area contributed by atoms with Crippen molar-refractivity contribution in [2.24, 2.45) is 11.8 Å². The Morgan fingerprint density at radius 1 is 1.22 bits per heavy atom. The molecule has 0 aromatic heterocycles. The maximum absolute atomic E-state index is 12.3. The first kappa shape index (κ1) is 12.9. The summed E-state index contributed by atoms with van der Waals surface area (Å²) >= 11 is 0. The minimum absolute atomic E-state index is 0.0495. The van der Waals surface area contributed by atoms with Gasteiger partial charge in [-0.05, 0) is 12.8 Å². The number of aliphatic carboxylic acids is 1. The van der Waals surface area contributed by atoms with Crippen molar-refractivity contribution in [3.63, 3.8) is 0 Å². The van der Waals surface area contributed by atoms with Crippen molar-refractivity contribution in [3.05, 3.63) is 0 Å². The largest absolute Gasteiger partial charge is 0.481 e. The lowest BCUT2D eigenvalue weighted by molar-refractivity contribution is -0.149. The average Bonchev–Trinajstić information content (AvgIpc) is 2.72. The number of rotatable bonds is 2. The molecule has 1 aliphatic heterocycles. The van der Waals surface area contributed by atoms with Crippen molar-refractivity contribution in [3.8, 4) is 0 Å². The molecule has 2 atom stereocenters. The van der Waals surface area contributed by atoms with Crippen LogP contribution in [0.4, 0.5) is 0 Å². The molecular formula is C12H18N2O4. The predicted molar refractivity (Wildman–Crippen MR) is 62.7 cm³/mol. The minimum Gasteiger partial charge on any atom is -0.481 e. The second-order valence-corrected chi connectivity index (χ2v) is 4.91. The van der Waals surface area contributed by atoms with Gasteiger partial charge in [-0.25, -0.2) is 0 Å². The molecule has 0 aromatic rings. The molecule has 2 amide bonds. The number of carbonyl (C=O) groups excluding carboxylic acids is 2. The van der Waals surface area contributed by atoms with Crippen molar-refractivity contribution in [1.82, 2.24) is 10.2 Å². The quantitative estimate of drug-likeness (QED) is 0.716. The number of amides is 2. The van der Waals surface area contributed by atoms with Gasteiger partial charge in [0.15, 0.2) is 0 Å². The molecule has 1 saturated carbocycles. The first-order valence-corrected chi connectivity index (χ1v) is 6.38. The molecule has 2 aliphatic rings. The summed E-state index contributed by atoms with van der Waals surface area (Å²) in [5.74, 6) is -1.99. The zero-order valence-corrected chi connectivity index (χ0v) is 10.2. The van der Waals surface area contributed by atoms with E-state index in [1.165, 1.54) is 0 Å². The monoisotopic (exact) mass is 254 g/mol. The molecule has 0 aromatic carbocycles. The highest BCUT2D eigenvalue weighted by molar-refractivity contribution is 5.86. The lowest BCUT2D eigenvalue weighted by Gasteiger charge is -2.25. The molecule has 2 N–H and O–H groups in total. The number of carboxylic acids is 1. The lowest BCUT2D eigenvalue weighted by Crippen LogP contribution is -2.41. The molecular weight excluding hydrogens is 236 g/mol.